The summed E-state index contributed by atoms with van der Waals surface area (Å²) in [4.78, 5) is 16.6. The number of hydrogen-bond donors (Lipinski definition) is 2. The fourth-order valence-electron chi connectivity index (χ4n) is 4.00. The zero-order valence-electron chi connectivity index (χ0n) is 16.3. The van der Waals surface area contributed by atoms with Gasteiger partial charge in [0.2, 0.25) is 0 Å². The van der Waals surface area contributed by atoms with Gasteiger partial charge in [0.1, 0.15) is 22.3 Å². The molecule has 0 radical (unpaired) electrons. The fourth-order valence-corrected chi connectivity index (χ4v) is 5.29. The van der Waals surface area contributed by atoms with E-state index in [1.54, 1.807) is 23.5 Å². The minimum Gasteiger partial charge on any atom is -0.457 e. The third-order valence-electron chi connectivity index (χ3n) is 5.63. The average Bonchev–Trinajstić information content (AvgIpc) is 3.32. The van der Waals surface area contributed by atoms with Crippen molar-refractivity contribution in [3.8, 4) is 11.3 Å². The van der Waals surface area contributed by atoms with E-state index in [4.69, 9.17) is 4.42 Å². The second kappa shape index (κ2) is 7.00. The van der Waals surface area contributed by atoms with Crippen LogP contribution in [0.2, 0.25) is 0 Å². The molecule has 2 aromatic heterocycles. The summed E-state index contributed by atoms with van der Waals surface area (Å²) in [5.41, 5.74) is 2.76. The number of nitrogens with one attached hydrogen (secondary N) is 2. The van der Waals surface area contributed by atoms with E-state index in [1.807, 2.05) is 12.1 Å². The molecule has 0 spiro atoms. The molecule has 0 bridgehead atoms. The van der Waals surface area contributed by atoms with Gasteiger partial charge in [0.15, 0.2) is 6.17 Å². The first kappa shape index (κ1) is 18.4. The summed E-state index contributed by atoms with van der Waals surface area (Å²) in [5.74, 6) is 0.921. The van der Waals surface area contributed by atoms with Crippen molar-refractivity contribution in [1.82, 2.24) is 10.2 Å². The molecule has 5 nitrogen and oxygen atoms in total. The van der Waals surface area contributed by atoms with Crippen LogP contribution in [0.5, 0.6) is 0 Å². The lowest BCUT2D eigenvalue weighted by Crippen LogP contribution is -2.39. The summed E-state index contributed by atoms with van der Waals surface area (Å²) < 4.78 is 19.1. The molecular weight excluding hydrogens is 389 g/mol. The maximum absolute atomic E-state index is 13.2. The zero-order valence-corrected chi connectivity index (χ0v) is 17.1. The number of amides is 1. The first-order chi connectivity index (χ1) is 14.0. The number of carbonyl (C=O) groups excluding carboxylic acids is 1. The normalized spacial score (nSPS) is 18.9. The van der Waals surface area contributed by atoms with Crippen LogP contribution >= 0.6 is 11.3 Å². The van der Waals surface area contributed by atoms with Crippen molar-refractivity contribution in [2.24, 2.45) is 0 Å². The van der Waals surface area contributed by atoms with Gasteiger partial charge in [-0.3, -0.25) is 9.69 Å². The molecule has 0 aliphatic carbocycles. The number of halogens is 1. The molecule has 0 fully saturated rings. The number of benzene rings is 1. The van der Waals surface area contributed by atoms with E-state index in [2.05, 4.69) is 29.4 Å². The van der Waals surface area contributed by atoms with Crippen LogP contribution in [-0.4, -0.2) is 23.4 Å². The van der Waals surface area contributed by atoms with Crippen molar-refractivity contribution in [3.05, 3.63) is 64.0 Å². The van der Waals surface area contributed by atoms with Gasteiger partial charge in [-0.25, -0.2) is 4.39 Å². The Morgan fingerprint density at radius 2 is 1.97 bits per heavy atom. The highest BCUT2D eigenvalue weighted by Crippen LogP contribution is 2.41. The summed E-state index contributed by atoms with van der Waals surface area (Å²) in [6, 6.07) is 10.3. The van der Waals surface area contributed by atoms with E-state index in [0.717, 1.165) is 35.6 Å². The number of anilines is 1. The van der Waals surface area contributed by atoms with Crippen LogP contribution < -0.4 is 10.6 Å². The molecule has 2 aliphatic heterocycles. The van der Waals surface area contributed by atoms with Crippen molar-refractivity contribution in [1.29, 1.82) is 0 Å². The van der Waals surface area contributed by atoms with E-state index in [0.29, 0.717) is 17.6 Å². The lowest BCUT2D eigenvalue weighted by molar-refractivity contribution is 0.0930. The molecule has 0 unspecified atom stereocenters. The molecule has 150 valence electrons. The van der Waals surface area contributed by atoms with Crippen LogP contribution in [0.1, 0.15) is 46.6 Å². The van der Waals surface area contributed by atoms with Crippen LogP contribution in [0.4, 0.5) is 9.39 Å². The molecule has 4 heterocycles. The summed E-state index contributed by atoms with van der Waals surface area (Å²) in [7, 11) is 0. The van der Waals surface area contributed by atoms with Crippen molar-refractivity contribution in [3.63, 3.8) is 0 Å². The summed E-state index contributed by atoms with van der Waals surface area (Å²) in [5, 5.41) is 7.37. The first-order valence-electron chi connectivity index (χ1n) is 9.81. The lowest BCUT2D eigenvalue weighted by atomic mass is 10.0. The van der Waals surface area contributed by atoms with Gasteiger partial charge in [0.25, 0.3) is 5.91 Å². The summed E-state index contributed by atoms with van der Waals surface area (Å²) >= 11 is 1.67. The Hall–Kier alpha value is -2.64. The maximum Gasteiger partial charge on any atom is 0.256 e. The molecule has 2 N–H and O–H groups in total. The molecule has 0 saturated heterocycles. The zero-order chi connectivity index (χ0) is 20.1. The van der Waals surface area contributed by atoms with Crippen LogP contribution in [0.3, 0.4) is 0 Å². The SMILES string of the molecule is CC(C)N1CCc2c(sc3c2C(=O)N[C@H](c2ccc(-c4ccc(F)cc4)o2)N3)C1. The molecule has 7 heteroatoms. The number of hydrogen-bond acceptors (Lipinski definition) is 5. The van der Waals surface area contributed by atoms with Gasteiger partial charge in [-0.05, 0) is 62.2 Å². The van der Waals surface area contributed by atoms with E-state index in [1.165, 1.54) is 22.6 Å². The predicted molar refractivity (Wildman–Crippen MR) is 112 cm³/mol. The minimum absolute atomic E-state index is 0.0565. The number of fused-ring (bicyclic) bond motifs is 3. The Bertz CT molecular complexity index is 1070. The third-order valence-corrected chi connectivity index (χ3v) is 6.78. The highest BCUT2D eigenvalue weighted by Gasteiger charge is 2.34. The second-order valence-electron chi connectivity index (χ2n) is 7.78. The standard InChI is InChI=1S/C22H22FN3O2S/c1-12(2)26-10-9-15-18(11-26)29-22-19(15)21(27)24-20(25-22)17-8-7-16(28-17)13-3-5-14(23)6-4-13/h3-8,12,20,25H,9-11H2,1-2H3,(H,24,27)/t20-/m0/s1. The van der Waals surface area contributed by atoms with E-state index in [-0.39, 0.29) is 11.7 Å². The highest BCUT2D eigenvalue weighted by atomic mass is 32.1. The third kappa shape index (κ3) is 3.24. The van der Waals surface area contributed by atoms with Crippen molar-refractivity contribution in [2.75, 3.05) is 11.9 Å². The Labute approximate surface area is 172 Å². The van der Waals surface area contributed by atoms with Gasteiger partial charge < -0.3 is 15.1 Å². The molecular formula is C22H22FN3O2S. The molecule has 5 rings (SSSR count). The lowest BCUT2D eigenvalue weighted by Gasteiger charge is -2.30. The first-order valence-corrected chi connectivity index (χ1v) is 10.6. The number of thiophene rings is 1. The van der Waals surface area contributed by atoms with Gasteiger partial charge >= 0.3 is 0 Å². The number of furan rings is 1. The Morgan fingerprint density at radius 3 is 2.72 bits per heavy atom. The molecule has 0 saturated carbocycles. The molecule has 3 aromatic rings. The Morgan fingerprint density at radius 1 is 1.17 bits per heavy atom. The molecule has 29 heavy (non-hydrogen) atoms. The molecule has 1 atom stereocenters. The van der Waals surface area contributed by atoms with Gasteiger partial charge in [-0.15, -0.1) is 11.3 Å². The minimum atomic E-state index is -0.425. The van der Waals surface area contributed by atoms with Crippen molar-refractivity contribution < 1.29 is 13.6 Å². The molecule has 1 amide bonds. The quantitative estimate of drug-likeness (QED) is 0.652. The van der Waals surface area contributed by atoms with E-state index >= 15 is 0 Å². The number of carbonyl (C=O) groups is 1. The second-order valence-corrected chi connectivity index (χ2v) is 8.89. The van der Waals surface area contributed by atoms with Gasteiger partial charge in [0.05, 0.1) is 5.56 Å². The maximum atomic E-state index is 13.2. The number of rotatable bonds is 3. The Kier molecular flexibility index (Phi) is 4.44. The summed E-state index contributed by atoms with van der Waals surface area (Å²) in [6.45, 7) is 6.27. The topological polar surface area (TPSA) is 57.5 Å². The van der Waals surface area contributed by atoms with Crippen LogP contribution in [-0.2, 0) is 13.0 Å². The fraction of sp³-hybridized carbons (Fsp3) is 0.318. The predicted octanol–water partition coefficient (Wildman–Crippen LogP) is 4.77. The monoisotopic (exact) mass is 411 g/mol. The van der Waals surface area contributed by atoms with E-state index < -0.39 is 6.17 Å². The van der Waals surface area contributed by atoms with Crippen LogP contribution in [0.15, 0.2) is 40.8 Å². The smallest absolute Gasteiger partial charge is 0.256 e. The molecule has 2 aliphatic rings. The van der Waals surface area contributed by atoms with Crippen molar-refractivity contribution >= 4 is 22.2 Å². The van der Waals surface area contributed by atoms with Gasteiger partial charge in [0, 0.05) is 29.6 Å². The van der Waals surface area contributed by atoms with Crippen LogP contribution in [0.25, 0.3) is 11.3 Å². The van der Waals surface area contributed by atoms with Crippen molar-refractivity contribution in [2.45, 2.75) is 39.0 Å². The highest BCUT2D eigenvalue weighted by molar-refractivity contribution is 7.16. The van der Waals surface area contributed by atoms with Crippen LogP contribution in [0, 0.1) is 5.82 Å². The summed E-state index contributed by atoms with van der Waals surface area (Å²) in [6.07, 6.45) is 0.472. The largest absolute Gasteiger partial charge is 0.457 e. The number of nitrogens with zero attached hydrogens (tertiary/aromatic N) is 1. The Balaban J connectivity index is 1.41. The average molecular weight is 412 g/mol. The van der Waals surface area contributed by atoms with Gasteiger partial charge in [-0.1, -0.05) is 0 Å². The molecule has 1 aromatic carbocycles. The van der Waals surface area contributed by atoms with E-state index in [9.17, 15) is 9.18 Å². The van der Waals surface area contributed by atoms with Gasteiger partial charge in [-0.2, -0.15) is 0 Å².